The third-order valence-electron chi connectivity index (χ3n) is 3.26. The van der Waals surface area contributed by atoms with Crippen molar-refractivity contribution >= 4 is 37.3 Å². The van der Waals surface area contributed by atoms with E-state index < -0.39 is 10.0 Å². The highest BCUT2D eigenvalue weighted by Crippen LogP contribution is 2.38. The maximum Gasteiger partial charge on any atom is 0.284 e. The summed E-state index contributed by atoms with van der Waals surface area (Å²) in [6, 6.07) is 5.41. The summed E-state index contributed by atoms with van der Waals surface area (Å²) < 4.78 is 28.3. The second-order valence-electron chi connectivity index (χ2n) is 4.49. The number of halogens is 1. The number of hydrogen-bond acceptors (Lipinski definition) is 5. The van der Waals surface area contributed by atoms with Gasteiger partial charge in [-0.05, 0) is 34.0 Å². The molecule has 0 atom stereocenters. The fourth-order valence-corrected chi connectivity index (χ4v) is 4.96. The molecular weight excluding hydrogens is 346 g/mol. The van der Waals surface area contributed by atoms with E-state index in [2.05, 4.69) is 26.2 Å². The molecule has 2 N–H and O–H groups in total. The van der Waals surface area contributed by atoms with Crippen LogP contribution in [0, 0.1) is 0 Å². The van der Waals surface area contributed by atoms with E-state index in [4.69, 9.17) is 5.73 Å². The van der Waals surface area contributed by atoms with Gasteiger partial charge >= 0.3 is 0 Å². The molecule has 7 nitrogen and oxygen atoms in total. The monoisotopic (exact) mass is 357 g/mol. The van der Waals surface area contributed by atoms with Crippen LogP contribution in [-0.4, -0.2) is 30.0 Å². The van der Waals surface area contributed by atoms with E-state index in [1.807, 2.05) is 12.1 Å². The molecule has 0 saturated heterocycles. The Morgan fingerprint density at radius 2 is 2.15 bits per heavy atom. The minimum Gasteiger partial charge on any atom is -0.397 e. The summed E-state index contributed by atoms with van der Waals surface area (Å²) in [5.74, 6) is 0. The van der Waals surface area contributed by atoms with Crippen molar-refractivity contribution < 1.29 is 8.42 Å². The Balaban J connectivity index is 2.17. The molecule has 2 aromatic rings. The van der Waals surface area contributed by atoms with Gasteiger partial charge in [-0.2, -0.15) is 8.42 Å². The highest BCUT2D eigenvalue weighted by atomic mass is 79.9. The van der Waals surface area contributed by atoms with Crippen LogP contribution >= 0.6 is 15.9 Å². The number of hydrogen-bond donors (Lipinski definition) is 1. The Labute approximate surface area is 124 Å². The number of nitrogens with two attached hydrogens (primary N) is 1. The quantitative estimate of drug-likeness (QED) is 0.806. The normalized spacial score (nSPS) is 14.6. The van der Waals surface area contributed by atoms with Crippen LogP contribution in [0.1, 0.15) is 5.56 Å². The van der Waals surface area contributed by atoms with Crippen LogP contribution in [0.2, 0.25) is 0 Å². The third-order valence-corrected chi connectivity index (χ3v) is 5.94. The Bertz CT molecular complexity index is 767. The van der Waals surface area contributed by atoms with Gasteiger partial charge < -0.3 is 5.73 Å². The number of benzene rings is 1. The average molecular weight is 358 g/mol. The summed E-state index contributed by atoms with van der Waals surface area (Å²) in [6.45, 7) is 0.365. The van der Waals surface area contributed by atoms with Gasteiger partial charge in [-0.3, -0.25) is 4.31 Å². The molecule has 2 heterocycles. The van der Waals surface area contributed by atoms with Crippen molar-refractivity contribution in [1.82, 2.24) is 15.0 Å². The van der Waals surface area contributed by atoms with Crippen molar-refractivity contribution in [2.75, 3.05) is 16.6 Å². The summed E-state index contributed by atoms with van der Waals surface area (Å²) in [5, 5.41) is 7.46. The van der Waals surface area contributed by atoms with Crippen LogP contribution in [0.15, 0.2) is 27.8 Å². The first kappa shape index (κ1) is 13.4. The first-order valence-electron chi connectivity index (χ1n) is 5.88. The van der Waals surface area contributed by atoms with Gasteiger partial charge in [0.2, 0.25) is 5.03 Å². The molecule has 20 heavy (non-hydrogen) atoms. The minimum atomic E-state index is -3.75. The molecule has 1 aliphatic heterocycles. The summed E-state index contributed by atoms with van der Waals surface area (Å²) in [7, 11) is -2.21. The number of fused-ring (bicyclic) bond motifs is 1. The lowest BCUT2D eigenvalue weighted by Crippen LogP contribution is -2.31. The lowest BCUT2D eigenvalue weighted by atomic mass is 10.1. The van der Waals surface area contributed by atoms with Crippen molar-refractivity contribution in [3.05, 3.63) is 28.4 Å². The molecule has 0 fully saturated rings. The molecule has 1 aromatic heterocycles. The van der Waals surface area contributed by atoms with E-state index >= 15 is 0 Å². The maximum atomic E-state index is 12.8. The summed E-state index contributed by atoms with van der Waals surface area (Å²) in [4.78, 5) is 0. The number of nitrogen functional groups attached to an aromatic ring is 1. The summed E-state index contributed by atoms with van der Waals surface area (Å²) in [6.07, 6.45) is 0.641. The van der Waals surface area contributed by atoms with Crippen LogP contribution < -0.4 is 10.0 Å². The molecule has 3 rings (SSSR count). The summed E-state index contributed by atoms with van der Waals surface area (Å²) in [5.41, 5.74) is 7.87. The fraction of sp³-hybridized carbons (Fsp3) is 0.273. The van der Waals surface area contributed by atoms with Crippen molar-refractivity contribution in [3.8, 4) is 0 Å². The first-order valence-corrected chi connectivity index (χ1v) is 8.11. The second-order valence-corrected chi connectivity index (χ2v) is 7.02. The standard InChI is InChI=1S/C11H12BrN5O2S/c1-16-11(10(12)14-15-16)20(18,19)17-6-5-7-3-2-4-8(13)9(7)17/h2-4H,5-6,13H2,1H3. The molecule has 106 valence electrons. The Morgan fingerprint density at radius 3 is 2.80 bits per heavy atom. The van der Waals surface area contributed by atoms with Gasteiger partial charge in [0, 0.05) is 13.6 Å². The highest BCUT2D eigenvalue weighted by Gasteiger charge is 2.36. The van der Waals surface area contributed by atoms with Gasteiger partial charge in [0.1, 0.15) is 0 Å². The van der Waals surface area contributed by atoms with Crippen molar-refractivity contribution in [2.24, 2.45) is 7.05 Å². The fourth-order valence-electron chi connectivity index (χ4n) is 2.39. The predicted octanol–water partition coefficient (Wildman–Crippen LogP) is 0.911. The molecule has 0 unspecified atom stereocenters. The molecule has 0 amide bonds. The molecule has 0 radical (unpaired) electrons. The van der Waals surface area contributed by atoms with E-state index in [9.17, 15) is 8.42 Å². The Hall–Kier alpha value is -1.61. The first-order chi connectivity index (χ1) is 9.43. The summed E-state index contributed by atoms with van der Waals surface area (Å²) >= 11 is 3.13. The molecular formula is C11H12BrN5O2S. The highest BCUT2D eigenvalue weighted by molar-refractivity contribution is 9.10. The van der Waals surface area contributed by atoms with Gasteiger partial charge in [0.15, 0.2) is 4.60 Å². The van der Waals surface area contributed by atoms with Gasteiger partial charge in [0.05, 0.1) is 11.4 Å². The zero-order chi connectivity index (χ0) is 14.5. The molecule has 0 saturated carbocycles. The molecule has 0 aliphatic carbocycles. The van der Waals surface area contributed by atoms with Gasteiger partial charge in [-0.1, -0.05) is 17.3 Å². The number of sulfonamides is 1. The third kappa shape index (κ3) is 1.80. The van der Waals surface area contributed by atoms with Crippen LogP contribution in [-0.2, 0) is 23.5 Å². The largest absolute Gasteiger partial charge is 0.397 e. The van der Waals surface area contributed by atoms with Crippen LogP contribution in [0.25, 0.3) is 0 Å². The van der Waals surface area contributed by atoms with Gasteiger partial charge in [-0.15, -0.1) is 5.10 Å². The van der Waals surface area contributed by atoms with E-state index in [-0.39, 0.29) is 9.63 Å². The lowest BCUT2D eigenvalue weighted by Gasteiger charge is -2.20. The average Bonchev–Trinajstić information content (AvgIpc) is 2.95. The number of aromatic nitrogens is 3. The van der Waals surface area contributed by atoms with E-state index in [0.29, 0.717) is 24.3 Å². The predicted molar refractivity (Wildman–Crippen MR) is 77.8 cm³/mol. The Kier molecular flexibility index (Phi) is 2.98. The molecule has 1 aliphatic rings. The van der Waals surface area contributed by atoms with Crippen molar-refractivity contribution in [3.63, 3.8) is 0 Å². The molecule has 1 aromatic carbocycles. The van der Waals surface area contributed by atoms with E-state index in [1.54, 1.807) is 6.07 Å². The number of para-hydroxylation sites is 1. The smallest absolute Gasteiger partial charge is 0.284 e. The van der Waals surface area contributed by atoms with Crippen LogP contribution in [0.4, 0.5) is 11.4 Å². The molecule has 0 bridgehead atoms. The molecule has 9 heteroatoms. The number of aryl methyl sites for hydroxylation is 1. The minimum absolute atomic E-state index is 0.0219. The van der Waals surface area contributed by atoms with E-state index in [1.165, 1.54) is 16.0 Å². The maximum absolute atomic E-state index is 12.8. The SMILES string of the molecule is Cn1nnc(Br)c1S(=O)(=O)N1CCc2cccc(N)c21. The van der Waals surface area contributed by atoms with E-state index in [0.717, 1.165) is 5.56 Å². The zero-order valence-electron chi connectivity index (χ0n) is 10.6. The lowest BCUT2D eigenvalue weighted by molar-refractivity contribution is 0.570. The van der Waals surface area contributed by atoms with Crippen LogP contribution in [0.3, 0.4) is 0 Å². The van der Waals surface area contributed by atoms with Gasteiger partial charge in [0.25, 0.3) is 10.0 Å². The van der Waals surface area contributed by atoms with Crippen molar-refractivity contribution in [2.45, 2.75) is 11.4 Å². The van der Waals surface area contributed by atoms with Crippen molar-refractivity contribution in [1.29, 1.82) is 0 Å². The van der Waals surface area contributed by atoms with Gasteiger partial charge in [-0.25, -0.2) is 4.68 Å². The topological polar surface area (TPSA) is 94.1 Å². The number of nitrogens with zero attached hydrogens (tertiary/aromatic N) is 4. The molecule has 0 spiro atoms. The zero-order valence-corrected chi connectivity index (χ0v) is 13.0. The second kappa shape index (κ2) is 4.45. The van der Waals surface area contributed by atoms with Crippen LogP contribution in [0.5, 0.6) is 0 Å². The number of anilines is 2. The Morgan fingerprint density at radius 1 is 1.40 bits per heavy atom. The number of rotatable bonds is 2.